The summed E-state index contributed by atoms with van der Waals surface area (Å²) in [6.07, 6.45) is 2.76. The number of piperazine rings is 1. The van der Waals surface area contributed by atoms with Crippen molar-refractivity contribution in [2.45, 2.75) is 32.1 Å². The minimum atomic E-state index is -0.755. The zero-order valence-electron chi connectivity index (χ0n) is 16.3. The Morgan fingerprint density at radius 1 is 1.00 bits per heavy atom. The van der Waals surface area contributed by atoms with Gasteiger partial charge in [-0.05, 0) is 43.4 Å². The molecule has 2 amide bonds. The van der Waals surface area contributed by atoms with Crippen LogP contribution in [0.3, 0.4) is 0 Å². The fourth-order valence-electron chi connectivity index (χ4n) is 4.09. The van der Waals surface area contributed by atoms with Crippen molar-refractivity contribution >= 4 is 17.8 Å². The molecule has 0 bridgehead atoms. The summed E-state index contributed by atoms with van der Waals surface area (Å²) in [5.74, 6) is -0.233. The van der Waals surface area contributed by atoms with Gasteiger partial charge in [0.2, 0.25) is 11.8 Å². The summed E-state index contributed by atoms with van der Waals surface area (Å²) in [6, 6.07) is 7.50. The van der Waals surface area contributed by atoms with E-state index in [0.717, 1.165) is 11.3 Å². The number of hydrogen-bond donors (Lipinski definition) is 1. The fraction of sp³-hybridized carbons (Fsp3) is 0.571. The normalized spacial score (nSPS) is 22.6. The highest BCUT2D eigenvalue weighted by atomic mass is 16.5. The highest BCUT2D eigenvalue weighted by Crippen LogP contribution is 2.30. The number of hydrogen-bond acceptors (Lipinski definition) is 4. The molecule has 7 nitrogen and oxygen atoms in total. The lowest BCUT2D eigenvalue weighted by atomic mass is 9.81. The van der Waals surface area contributed by atoms with Crippen LogP contribution in [-0.4, -0.2) is 66.0 Å². The van der Waals surface area contributed by atoms with Gasteiger partial charge >= 0.3 is 5.97 Å². The molecule has 0 aromatic heterocycles. The van der Waals surface area contributed by atoms with Crippen LogP contribution in [0.15, 0.2) is 24.3 Å². The number of ether oxygens (including phenoxy) is 1. The Kier molecular flexibility index (Phi) is 6.54. The summed E-state index contributed by atoms with van der Waals surface area (Å²) < 4.78 is 5.20. The lowest BCUT2D eigenvalue weighted by Crippen LogP contribution is -2.52. The van der Waals surface area contributed by atoms with Gasteiger partial charge in [-0.2, -0.15) is 0 Å². The molecule has 2 aliphatic rings. The van der Waals surface area contributed by atoms with Gasteiger partial charge in [0.25, 0.3) is 0 Å². The quantitative estimate of drug-likeness (QED) is 0.831. The molecule has 7 heteroatoms. The lowest BCUT2D eigenvalue weighted by molar-refractivity contribution is -0.146. The second kappa shape index (κ2) is 9.08. The molecule has 1 aromatic carbocycles. The fourth-order valence-corrected chi connectivity index (χ4v) is 4.09. The van der Waals surface area contributed by atoms with Gasteiger partial charge in [-0.1, -0.05) is 12.1 Å². The molecule has 2 fully saturated rings. The highest BCUT2D eigenvalue weighted by molar-refractivity contribution is 5.81. The van der Waals surface area contributed by atoms with Crippen molar-refractivity contribution in [2.75, 3.05) is 33.3 Å². The molecule has 28 heavy (non-hydrogen) atoms. The number of carbonyl (C=O) groups excluding carboxylic acids is 2. The van der Waals surface area contributed by atoms with Crippen LogP contribution in [-0.2, 0) is 20.8 Å². The van der Waals surface area contributed by atoms with Crippen LogP contribution in [0, 0.1) is 11.8 Å². The monoisotopic (exact) mass is 388 g/mol. The third-order valence-electron chi connectivity index (χ3n) is 5.86. The van der Waals surface area contributed by atoms with Gasteiger partial charge in [-0.3, -0.25) is 14.4 Å². The Balaban J connectivity index is 1.46. The number of carboxylic acid groups (broad SMARTS) is 1. The topological polar surface area (TPSA) is 87.2 Å². The minimum absolute atomic E-state index is 0.0577. The zero-order valence-corrected chi connectivity index (χ0v) is 16.3. The molecule has 1 aromatic rings. The minimum Gasteiger partial charge on any atom is -0.497 e. The summed E-state index contributed by atoms with van der Waals surface area (Å²) in [6.45, 7) is 2.17. The smallest absolute Gasteiger partial charge is 0.306 e. The summed E-state index contributed by atoms with van der Waals surface area (Å²) in [4.78, 5) is 40.0. The molecule has 152 valence electrons. The SMILES string of the molecule is COc1cccc(CC(=O)N2CCN(C(=O)C3CCC(C(=O)O)CC3)CC2)c1. The van der Waals surface area contributed by atoms with Crippen molar-refractivity contribution in [3.63, 3.8) is 0 Å². The van der Waals surface area contributed by atoms with Crippen molar-refractivity contribution in [3.8, 4) is 5.75 Å². The van der Waals surface area contributed by atoms with Gasteiger partial charge in [-0.15, -0.1) is 0 Å². The Morgan fingerprint density at radius 2 is 1.61 bits per heavy atom. The number of rotatable bonds is 5. The van der Waals surface area contributed by atoms with Gasteiger partial charge in [0.05, 0.1) is 19.4 Å². The van der Waals surface area contributed by atoms with E-state index in [1.54, 1.807) is 7.11 Å². The van der Waals surface area contributed by atoms with E-state index in [1.165, 1.54) is 0 Å². The predicted octanol–water partition coefficient (Wildman–Crippen LogP) is 1.80. The number of carbonyl (C=O) groups is 3. The van der Waals surface area contributed by atoms with Crippen LogP contribution >= 0.6 is 0 Å². The van der Waals surface area contributed by atoms with Crippen molar-refractivity contribution < 1.29 is 24.2 Å². The molecule has 1 aliphatic heterocycles. The van der Waals surface area contributed by atoms with Crippen molar-refractivity contribution in [1.82, 2.24) is 9.80 Å². The molecule has 0 radical (unpaired) electrons. The first kappa shape index (κ1) is 20.2. The van der Waals surface area contributed by atoms with Crippen LogP contribution in [0.1, 0.15) is 31.2 Å². The maximum absolute atomic E-state index is 12.7. The van der Waals surface area contributed by atoms with Crippen molar-refractivity contribution in [1.29, 1.82) is 0 Å². The maximum Gasteiger partial charge on any atom is 0.306 e. The van der Waals surface area contributed by atoms with Crippen LogP contribution in [0.5, 0.6) is 5.75 Å². The summed E-state index contributed by atoms with van der Waals surface area (Å²) in [5.41, 5.74) is 0.915. The van der Waals surface area contributed by atoms with E-state index in [0.29, 0.717) is 58.3 Å². The van der Waals surface area contributed by atoms with Crippen molar-refractivity contribution in [3.05, 3.63) is 29.8 Å². The van der Waals surface area contributed by atoms with E-state index in [1.807, 2.05) is 34.1 Å². The number of benzene rings is 1. The Labute approximate surface area is 165 Å². The van der Waals surface area contributed by atoms with E-state index in [2.05, 4.69) is 0 Å². The first-order valence-corrected chi connectivity index (χ1v) is 9.90. The molecule has 0 atom stereocenters. The van der Waals surface area contributed by atoms with Crippen LogP contribution in [0.2, 0.25) is 0 Å². The first-order valence-electron chi connectivity index (χ1n) is 9.90. The molecule has 3 rings (SSSR count). The average molecular weight is 388 g/mol. The summed E-state index contributed by atoms with van der Waals surface area (Å²) >= 11 is 0. The van der Waals surface area contributed by atoms with E-state index in [4.69, 9.17) is 9.84 Å². The van der Waals surface area contributed by atoms with E-state index in [-0.39, 0.29) is 23.7 Å². The largest absolute Gasteiger partial charge is 0.497 e. The molecule has 0 spiro atoms. The number of aliphatic carboxylic acids is 1. The Morgan fingerprint density at radius 3 is 2.21 bits per heavy atom. The second-order valence-corrected chi connectivity index (χ2v) is 7.62. The molecule has 1 saturated heterocycles. The van der Waals surface area contributed by atoms with E-state index in [9.17, 15) is 14.4 Å². The predicted molar refractivity (Wildman–Crippen MR) is 103 cm³/mol. The second-order valence-electron chi connectivity index (χ2n) is 7.62. The van der Waals surface area contributed by atoms with Gasteiger partial charge in [0, 0.05) is 32.1 Å². The molecule has 0 unspecified atom stereocenters. The van der Waals surface area contributed by atoms with E-state index >= 15 is 0 Å². The molecule has 1 saturated carbocycles. The van der Waals surface area contributed by atoms with Crippen LogP contribution in [0.4, 0.5) is 0 Å². The molecular formula is C21H28N2O5. The van der Waals surface area contributed by atoms with Gasteiger partial charge in [-0.25, -0.2) is 0 Å². The summed E-state index contributed by atoms with van der Waals surface area (Å²) in [7, 11) is 1.60. The maximum atomic E-state index is 12.7. The summed E-state index contributed by atoms with van der Waals surface area (Å²) in [5, 5.41) is 9.09. The average Bonchev–Trinajstić information content (AvgIpc) is 2.73. The van der Waals surface area contributed by atoms with E-state index < -0.39 is 5.97 Å². The van der Waals surface area contributed by atoms with Crippen LogP contribution in [0.25, 0.3) is 0 Å². The van der Waals surface area contributed by atoms with Crippen LogP contribution < -0.4 is 4.74 Å². The first-order chi connectivity index (χ1) is 13.5. The van der Waals surface area contributed by atoms with Gasteiger partial charge in [0.1, 0.15) is 5.75 Å². The Hall–Kier alpha value is -2.57. The van der Waals surface area contributed by atoms with Crippen molar-refractivity contribution in [2.24, 2.45) is 11.8 Å². The number of amides is 2. The zero-order chi connectivity index (χ0) is 20.1. The van der Waals surface area contributed by atoms with Gasteiger partial charge in [0.15, 0.2) is 0 Å². The number of nitrogens with zero attached hydrogens (tertiary/aromatic N) is 2. The Bertz CT molecular complexity index is 719. The lowest BCUT2D eigenvalue weighted by Gasteiger charge is -2.37. The molecule has 1 heterocycles. The third-order valence-corrected chi connectivity index (χ3v) is 5.86. The molecule has 1 N–H and O–H groups in total. The molecular weight excluding hydrogens is 360 g/mol. The molecule has 1 aliphatic carbocycles. The third kappa shape index (κ3) is 4.82. The number of methoxy groups -OCH3 is 1. The standard InChI is InChI=1S/C21H28N2O5/c1-28-18-4-2-3-15(13-18)14-19(24)22-9-11-23(12-10-22)20(25)16-5-7-17(8-6-16)21(26)27/h2-4,13,16-17H,5-12,14H2,1H3,(H,26,27). The number of carboxylic acids is 1. The highest BCUT2D eigenvalue weighted by Gasteiger charge is 2.33. The van der Waals surface area contributed by atoms with Gasteiger partial charge < -0.3 is 19.6 Å².